The van der Waals surface area contributed by atoms with E-state index in [-0.39, 0.29) is 28.4 Å². The molecule has 5 rings (SSSR count). The fraction of sp³-hybridized carbons (Fsp3) is 0.250. The van der Waals surface area contributed by atoms with Gasteiger partial charge in [-0.15, -0.1) is 0 Å². The topological polar surface area (TPSA) is 81.4 Å². The van der Waals surface area contributed by atoms with Crippen LogP contribution in [-0.4, -0.2) is 16.9 Å². The van der Waals surface area contributed by atoms with Crippen molar-refractivity contribution < 1.29 is 18.7 Å². The number of rotatable bonds is 5. The molecule has 0 aliphatic rings. The van der Waals surface area contributed by atoms with Crippen molar-refractivity contribution in [1.82, 2.24) is 4.98 Å². The largest absolute Gasteiger partial charge is 0.436 e. The molecule has 0 saturated heterocycles. The van der Waals surface area contributed by atoms with E-state index >= 15 is 0 Å². The van der Waals surface area contributed by atoms with Gasteiger partial charge in [-0.1, -0.05) is 71.9 Å². The van der Waals surface area contributed by atoms with Gasteiger partial charge >= 0.3 is 5.97 Å². The van der Waals surface area contributed by atoms with Gasteiger partial charge in [-0.25, -0.2) is 9.78 Å². The van der Waals surface area contributed by atoms with Crippen LogP contribution in [0.15, 0.2) is 89.3 Å². The highest BCUT2D eigenvalue weighted by molar-refractivity contribution is 6.04. The maximum Gasteiger partial charge on any atom is 0.343 e. The van der Waals surface area contributed by atoms with E-state index in [0.717, 1.165) is 16.7 Å². The zero-order chi connectivity index (χ0) is 30.2. The van der Waals surface area contributed by atoms with Gasteiger partial charge in [-0.05, 0) is 89.0 Å². The minimum Gasteiger partial charge on any atom is -0.436 e. The molecule has 42 heavy (non-hydrogen) atoms. The predicted molar refractivity (Wildman–Crippen MR) is 167 cm³/mol. The number of carbonyl (C=O) groups excluding carboxylic acids is 2. The summed E-state index contributed by atoms with van der Waals surface area (Å²) in [5, 5.41) is 2.95. The molecule has 0 unspecified atom stereocenters. The number of benzene rings is 4. The molecule has 0 fully saturated rings. The average molecular weight is 561 g/mol. The second-order valence-corrected chi connectivity index (χ2v) is 12.7. The molecule has 0 aliphatic heterocycles. The lowest BCUT2D eigenvalue weighted by atomic mass is 9.86. The van der Waals surface area contributed by atoms with Gasteiger partial charge in [0.05, 0.1) is 11.1 Å². The first-order valence-electron chi connectivity index (χ1n) is 14.0. The van der Waals surface area contributed by atoms with Gasteiger partial charge in [0.2, 0.25) is 5.89 Å². The van der Waals surface area contributed by atoms with Crippen LogP contribution in [0.5, 0.6) is 5.75 Å². The summed E-state index contributed by atoms with van der Waals surface area (Å²) in [5.74, 6) is -0.194. The van der Waals surface area contributed by atoms with Crippen LogP contribution in [0.2, 0.25) is 0 Å². The Labute approximate surface area is 246 Å². The lowest BCUT2D eigenvalue weighted by Gasteiger charge is -2.19. The van der Waals surface area contributed by atoms with Crippen molar-refractivity contribution in [3.63, 3.8) is 0 Å². The van der Waals surface area contributed by atoms with Crippen molar-refractivity contribution in [3.8, 4) is 17.2 Å². The van der Waals surface area contributed by atoms with Crippen LogP contribution in [0.3, 0.4) is 0 Å². The van der Waals surface area contributed by atoms with E-state index in [1.807, 2.05) is 61.5 Å². The summed E-state index contributed by atoms with van der Waals surface area (Å²) in [6.45, 7) is 14.7. The Kier molecular flexibility index (Phi) is 7.50. The zero-order valence-electron chi connectivity index (χ0n) is 25.2. The number of hydrogen-bond acceptors (Lipinski definition) is 5. The molecule has 214 valence electrons. The molecule has 1 aromatic heterocycles. The Hall–Kier alpha value is -4.71. The van der Waals surface area contributed by atoms with E-state index in [9.17, 15) is 9.59 Å². The van der Waals surface area contributed by atoms with Gasteiger partial charge in [0.1, 0.15) is 11.3 Å². The minimum absolute atomic E-state index is 0.00999. The summed E-state index contributed by atoms with van der Waals surface area (Å²) in [7, 11) is 0. The SMILES string of the molecule is Cc1ccc2oc(-c3cc(NC(=O)c4ccc(C(C)(C)C)cc4)ccc3OC(=O)c3ccc(C(C)(C)C)cc3)nc2c1. The summed E-state index contributed by atoms with van der Waals surface area (Å²) < 4.78 is 11.9. The molecular weight excluding hydrogens is 524 g/mol. The average Bonchev–Trinajstić information content (AvgIpc) is 3.36. The maximum absolute atomic E-state index is 13.2. The van der Waals surface area contributed by atoms with E-state index in [2.05, 4.69) is 51.8 Å². The van der Waals surface area contributed by atoms with Crippen molar-refractivity contribution in [3.05, 3.63) is 113 Å². The Morgan fingerprint density at radius 1 is 0.738 bits per heavy atom. The summed E-state index contributed by atoms with van der Waals surface area (Å²) >= 11 is 0. The molecular formula is C36H36N2O4. The van der Waals surface area contributed by atoms with Crippen LogP contribution < -0.4 is 10.1 Å². The molecule has 0 aliphatic carbocycles. The van der Waals surface area contributed by atoms with Crippen LogP contribution in [0.1, 0.15) is 78.9 Å². The Bertz CT molecular complexity index is 1770. The molecule has 6 heteroatoms. The fourth-order valence-corrected chi connectivity index (χ4v) is 4.61. The molecule has 0 saturated carbocycles. The van der Waals surface area contributed by atoms with Crippen molar-refractivity contribution in [2.24, 2.45) is 0 Å². The van der Waals surface area contributed by atoms with E-state index < -0.39 is 5.97 Å². The molecule has 5 aromatic rings. The van der Waals surface area contributed by atoms with Crippen LogP contribution >= 0.6 is 0 Å². The second kappa shape index (κ2) is 10.9. The highest BCUT2D eigenvalue weighted by atomic mass is 16.5. The van der Waals surface area contributed by atoms with Gasteiger partial charge in [0.25, 0.3) is 5.91 Å². The predicted octanol–water partition coefficient (Wildman–Crippen LogP) is 8.87. The van der Waals surface area contributed by atoms with Crippen LogP contribution in [0.4, 0.5) is 5.69 Å². The van der Waals surface area contributed by atoms with Gasteiger partial charge in [-0.3, -0.25) is 4.79 Å². The number of fused-ring (bicyclic) bond motifs is 1. The first kappa shape index (κ1) is 28.8. The van der Waals surface area contributed by atoms with Gasteiger partial charge in [-0.2, -0.15) is 0 Å². The highest BCUT2D eigenvalue weighted by Gasteiger charge is 2.21. The molecule has 0 bridgehead atoms. The van der Waals surface area contributed by atoms with Crippen molar-refractivity contribution in [2.45, 2.75) is 59.3 Å². The molecule has 1 heterocycles. The molecule has 6 nitrogen and oxygen atoms in total. The molecule has 0 radical (unpaired) electrons. The number of aryl methyl sites for hydroxylation is 1. The molecule has 1 N–H and O–H groups in total. The number of esters is 1. The summed E-state index contributed by atoms with van der Waals surface area (Å²) in [4.78, 5) is 31.0. The number of amides is 1. The fourth-order valence-electron chi connectivity index (χ4n) is 4.61. The third-order valence-corrected chi connectivity index (χ3v) is 7.21. The standard InChI is InChI=1S/C36H36N2O4/c1-22-8-18-31-29(20-22)38-33(41-31)28-21-27(37-32(39)23-9-13-25(14-10-23)35(2,3)4)17-19-30(28)42-34(40)24-11-15-26(16-12-24)36(5,6)7/h8-21H,1-7H3,(H,37,39). The van der Waals surface area contributed by atoms with Gasteiger partial charge in [0, 0.05) is 11.3 Å². The highest BCUT2D eigenvalue weighted by Crippen LogP contribution is 2.35. The maximum atomic E-state index is 13.2. The number of anilines is 1. The van der Waals surface area contributed by atoms with E-state index in [1.54, 1.807) is 30.3 Å². The van der Waals surface area contributed by atoms with Crippen LogP contribution in [-0.2, 0) is 10.8 Å². The minimum atomic E-state index is -0.501. The van der Waals surface area contributed by atoms with Crippen LogP contribution in [0, 0.1) is 6.92 Å². The summed E-state index contributed by atoms with van der Waals surface area (Å²) in [6, 6.07) is 25.8. The third kappa shape index (κ3) is 6.28. The number of hydrogen-bond donors (Lipinski definition) is 1. The number of nitrogens with zero attached hydrogens (tertiary/aromatic N) is 1. The molecule has 1 amide bonds. The second-order valence-electron chi connectivity index (χ2n) is 12.7. The molecule has 0 spiro atoms. The lowest BCUT2D eigenvalue weighted by molar-refractivity contribution is 0.0735. The summed E-state index contributed by atoms with van der Waals surface area (Å²) in [6.07, 6.45) is 0. The third-order valence-electron chi connectivity index (χ3n) is 7.21. The van der Waals surface area contributed by atoms with Crippen molar-refractivity contribution in [2.75, 3.05) is 5.32 Å². The normalized spacial score (nSPS) is 11.9. The zero-order valence-corrected chi connectivity index (χ0v) is 25.2. The molecule has 0 atom stereocenters. The van der Waals surface area contributed by atoms with E-state index in [1.165, 1.54) is 0 Å². The number of nitrogens with one attached hydrogen (secondary N) is 1. The Morgan fingerprint density at radius 2 is 1.33 bits per heavy atom. The Morgan fingerprint density at radius 3 is 1.93 bits per heavy atom. The summed E-state index contributed by atoms with van der Waals surface area (Å²) in [5.41, 5.74) is 6.50. The quantitative estimate of drug-likeness (QED) is 0.171. The lowest BCUT2D eigenvalue weighted by Crippen LogP contribution is -2.15. The van der Waals surface area contributed by atoms with Crippen molar-refractivity contribution in [1.29, 1.82) is 0 Å². The van der Waals surface area contributed by atoms with Crippen molar-refractivity contribution >= 4 is 28.7 Å². The number of oxazole rings is 1. The van der Waals surface area contributed by atoms with Crippen LogP contribution in [0.25, 0.3) is 22.6 Å². The van der Waals surface area contributed by atoms with E-state index in [4.69, 9.17) is 9.15 Å². The Balaban J connectivity index is 1.47. The number of aromatic nitrogens is 1. The number of ether oxygens (including phenoxy) is 1. The monoisotopic (exact) mass is 560 g/mol. The van der Waals surface area contributed by atoms with Gasteiger partial charge < -0.3 is 14.5 Å². The smallest absolute Gasteiger partial charge is 0.343 e. The van der Waals surface area contributed by atoms with E-state index in [0.29, 0.717) is 33.5 Å². The van der Waals surface area contributed by atoms with Gasteiger partial charge in [0.15, 0.2) is 5.58 Å². The molecule has 4 aromatic carbocycles. The first-order valence-corrected chi connectivity index (χ1v) is 14.0. The number of carbonyl (C=O) groups is 2. The first-order chi connectivity index (χ1) is 19.8.